The Kier molecular flexibility index (Phi) is 4.65. The molecule has 0 aliphatic carbocycles. The van der Waals surface area contributed by atoms with Gasteiger partial charge in [0.2, 0.25) is 0 Å². The molecule has 0 fully saturated rings. The summed E-state index contributed by atoms with van der Waals surface area (Å²) in [4.78, 5) is 0.0293. The number of hydrogen-bond donors (Lipinski definition) is 1. The van der Waals surface area contributed by atoms with Crippen molar-refractivity contribution in [2.45, 2.75) is 31.9 Å². The maximum Gasteiger partial charge on any atom is 0.387 e. The van der Waals surface area contributed by atoms with E-state index in [1.165, 1.54) is 35.3 Å². The number of halogens is 2. The minimum absolute atomic E-state index is 0.0293. The Balaban J connectivity index is 2.22. The Labute approximate surface area is 126 Å². The second-order valence-corrected chi connectivity index (χ2v) is 6.17. The summed E-state index contributed by atoms with van der Waals surface area (Å²) in [6.45, 7) is 1.05. The first-order valence-corrected chi connectivity index (χ1v) is 7.91. The minimum Gasteiger partial charge on any atom is -0.435 e. The normalized spacial score (nSPS) is 11.7. The van der Waals surface area contributed by atoms with Crippen molar-refractivity contribution in [3.05, 3.63) is 36.2 Å². The van der Waals surface area contributed by atoms with Crippen LogP contribution in [0.25, 0.3) is 0 Å². The van der Waals surface area contributed by atoms with Crippen LogP contribution in [-0.4, -0.2) is 24.8 Å². The SMILES string of the molecule is CCn1cc(S(=O)(=O)Nc2ccc(OC(F)F)cc2C)cn1. The lowest BCUT2D eigenvalue weighted by atomic mass is 10.2. The quantitative estimate of drug-likeness (QED) is 0.883. The summed E-state index contributed by atoms with van der Waals surface area (Å²) in [5.74, 6) is -0.0331. The van der Waals surface area contributed by atoms with Crippen LogP contribution in [0.3, 0.4) is 0 Å². The van der Waals surface area contributed by atoms with Crippen LogP contribution in [-0.2, 0) is 16.6 Å². The molecule has 0 aliphatic rings. The number of aryl methyl sites for hydroxylation is 2. The third kappa shape index (κ3) is 3.73. The van der Waals surface area contributed by atoms with Crippen molar-refractivity contribution in [1.82, 2.24) is 9.78 Å². The van der Waals surface area contributed by atoms with E-state index in [4.69, 9.17) is 0 Å². The van der Waals surface area contributed by atoms with Gasteiger partial charge in [-0.3, -0.25) is 9.40 Å². The highest BCUT2D eigenvalue weighted by molar-refractivity contribution is 7.92. The molecule has 9 heteroatoms. The van der Waals surface area contributed by atoms with Gasteiger partial charge >= 0.3 is 6.61 Å². The Morgan fingerprint density at radius 3 is 2.68 bits per heavy atom. The maximum absolute atomic E-state index is 12.2. The highest BCUT2D eigenvalue weighted by atomic mass is 32.2. The van der Waals surface area contributed by atoms with Gasteiger partial charge in [-0.05, 0) is 37.6 Å². The lowest BCUT2D eigenvalue weighted by Crippen LogP contribution is -2.13. The predicted molar refractivity (Wildman–Crippen MR) is 76.5 cm³/mol. The van der Waals surface area contributed by atoms with Gasteiger partial charge in [0.05, 0.1) is 11.9 Å². The Bertz CT molecular complexity index is 760. The molecule has 0 unspecified atom stereocenters. The van der Waals surface area contributed by atoms with Crippen LogP contribution in [0.5, 0.6) is 5.75 Å². The molecule has 6 nitrogen and oxygen atoms in total. The van der Waals surface area contributed by atoms with E-state index in [0.717, 1.165) is 0 Å². The molecule has 0 aliphatic heterocycles. The smallest absolute Gasteiger partial charge is 0.387 e. The van der Waals surface area contributed by atoms with E-state index < -0.39 is 16.6 Å². The number of nitrogens with zero attached hydrogens (tertiary/aromatic N) is 2. The molecule has 0 saturated carbocycles. The summed E-state index contributed by atoms with van der Waals surface area (Å²) in [7, 11) is -3.78. The largest absolute Gasteiger partial charge is 0.435 e. The summed E-state index contributed by atoms with van der Waals surface area (Å²) in [6.07, 6.45) is 2.65. The first-order chi connectivity index (χ1) is 10.3. The van der Waals surface area contributed by atoms with Gasteiger partial charge in [0.15, 0.2) is 0 Å². The Morgan fingerprint density at radius 1 is 1.41 bits per heavy atom. The van der Waals surface area contributed by atoms with E-state index in [9.17, 15) is 17.2 Å². The molecular formula is C13H15F2N3O3S. The van der Waals surface area contributed by atoms with E-state index in [0.29, 0.717) is 12.1 Å². The van der Waals surface area contributed by atoms with Gasteiger partial charge in [-0.25, -0.2) is 8.42 Å². The molecule has 1 aromatic carbocycles. The second-order valence-electron chi connectivity index (χ2n) is 4.49. The third-order valence-corrected chi connectivity index (χ3v) is 4.23. The van der Waals surface area contributed by atoms with Crippen LogP contribution in [0, 0.1) is 6.92 Å². The van der Waals surface area contributed by atoms with Gasteiger partial charge in [-0.2, -0.15) is 13.9 Å². The molecule has 22 heavy (non-hydrogen) atoms. The fraction of sp³-hybridized carbons (Fsp3) is 0.308. The van der Waals surface area contributed by atoms with Crippen LogP contribution in [0.4, 0.5) is 14.5 Å². The number of ether oxygens (including phenoxy) is 1. The molecule has 0 atom stereocenters. The first-order valence-electron chi connectivity index (χ1n) is 6.42. The molecule has 120 valence electrons. The van der Waals surface area contributed by atoms with Crippen molar-refractivity contribution < 1.29 is 21.9 Å². The van der Waals surface area contributed by atoms with Crippen LogP contribution < -0.4 is 9.46 Å². The molecule has 1 N–H and O–H groups in total. The summed E-state index contributed by atoms with van der Waals surface area (Å²) >= 11 is 0. The van der Waals surface area contributed by atoms with E-state index in [2.05, 4.69) is 14.6 Å². The van der Waals surface area contributed by atoms with Crippen molar-refractivity contribution in [3.63, 3.8) is 0 Å². The highest BCUT2D eigenvalue weighted by Gasteiger charge is 2.18. The van der Waals surface area contributed by atoms with Crippen molar-refractivity contribution in [1.29, 1.82) is 0 Å². The molecule has 0 spiro atoms. The molecule has 2 rings (SSSR count). The molecule has 0 saturated heterocycles. The maximum atomic E-state index is 12.2. The molecule has 2 aromatic rings. The predicted octanol–water partition coefficient (Wildman–Crippen LogP) is 2.61. The van der Waals surface area contributed by atoms with Gasteiger partial charge < -0.3 is 4.74 Å². The van der Waals surface area contributed by atoms with Crippen molar-refractivity contribution >= 4 is 15.7 Å². The summed E-state index contributed by atoms with van der Waals surface area (Å²) in [5.41, 5.74) is 0.746. The summed E-state index contributed by atoms with van der Waals surface area (Å²) in [5, 5.41) is 3.91. The Hall–Kier alpha value is -2.16. The Morgan fingerprint density at radius 2 is 2.14 bits per heavy atom. The number of hydrogen-bond acceptors (Lipinski definition) is 4. The number of benzene rings is 1. The van der Waals surface area contributed by atoms with Gasteiger partial charge in [-0.15, -0.1) is 0 Å². The second kappa shape index (κ2) is 6.30. The van der Waals surface area contributed by atoms with E-state index in [1.54, 1.807) is 6.92 Å². The monoisotopic (exact) mass is 331 g/mol. The molecule has 0 amide bonds. The number of alkyl halides is 2. The number of anilines is 1. The van der Waals surface area contributed by atoms with Crippen LogP contribution in [0.15, 0.2) is 35.5 Å². The summed E-state index contributed by atoms with van der Waals surface area (Å²) in [6, 6.07) is 3.97. The average molecular weight is 331 g/mol. The molecule has 0 radical (unpaired) electrons. The van der Waals surface area contributed by atoms with Crippen molar-refractivity contribution in [3.8, 4) is 5.75 Å². The lowest BCUT2D eigenvalue weighted by molar-refractivity contribution is -0.0498. The summed E-state index contributed by atoms with van der Waals surface area (Å²) < 4.78 is 56.9. The van der Waals surface area contributed by atoms with Gasteiger partial charge in [0.25, 0.3) is 10.0 Å². The average Bonchev–Trinajstić information content (AvgIpc) is 2.91. The highest BCUT2D eigenvalue weighted by Crippen LogP contribution is 2.25. The van der Waals surface area contributed by atoms with Gasteiger partial charge in [-0.1, -0.05) is 0 Å². The van der Waals surface area contributed by atoms with Crippen LogP contribution >= 0.6 is 0 Å². The van der Waals surface area contributed by atoms with Gasteiger partial charge in [0.1, 0.15) is 10.6 Å². The minimum atomic E-state index is -3.78. The van der Waals surface area contributed by atoms with Gasteiger partial charge in [0, 0.05) is 12.7 Å². The van der Waals surface area contributed by atoms with Crippen LogP contribution in [0.1, 0.15) is 12.5 Å². The molecule has 1 aromatic heterocycles. The zero-order valence-corrected chi connectivity index (χ0v) is 12.8. The first kappa shape index (κ1) is 16.2. The number of aromatic nitrogens is 2. The van der Waals surface area contributed by atoms with Crippen molar-refractivity contribution in [2.75, 3.05) is 4.72 Å². The molecule has 1 heterocycles. The van der Waals surface area contributed by atoms with Crippen molar-refractivity contribution in [2.24, 2.45) is 0 Å². The van der Waals surface area contributed by atoms with E-state index in [1.807, 2.05) is 6.92 Å². The van der Waals surface area contributed by atoms with E-state index >= 15 is 0 Å². The number of sulfonamides is 1. The standard InChI is InChI=1S/C13H15F2N3O3S/c1-3-18-8-11(7-16-18)22(19,20)17-12-5-4-10(6-9(12)2)21-13(14)15/h4-8,13,17H,3H2,1-2H3. The zero-order valence-electron chi connectivity index (χ0n) is 12.0. The fourth-order valence-electron chi connectivity index (χ4n) is 1.79. The number of nitrogens with one attached hydrogen (secondary N) is 1. The third-order valence-electron chi connectivity index (χ3n) is 2.91. The molecular weight excluding hydrogens is 316 g/mol. The fourth-order valence-corrected chi connectivity index (χ4v) is 2.87. The van der Waals surface area contributed by atoms with Crippen LogP contribution in [0.2, 0.25) is 0 Å². The zero-order chi connectivity index (χ0) is 16.3. The lowest BCUT2D eigenvalue weighted by Gasteiger charge is -2.11. The van der Waals surface area contributed by atoms with E-state index in [-0.39, 0.29) is 16.3 Å². The topological polar surface area (TPSA) is 73.2 Å². The molecule has 0 bridgehead atoms. The number of rotatable bonds is 6.